The molecule has 1 aliphatic rings. The van der Waals surface area contributed by atoms with E-state index in [0.29, 0.717) is 23.6 Å². The van der Waals surface area contributed by atoms with Crippen LogP contribution in [0.3, 0.4) is 0 Å². The number of ether oxygens (including phenoxy) is 1. The van der Waals surface area contributed by atoms with E-state index in [0.717, 1.165) is 18.4 Å². The minimum Gasteiger partial charge on any atom is -0.381 e. The number of nitrogens with two attached hydrogens (primary N) is 1. The molecule has 17 heavy (non-hydrogen) atoms. The second-order valence-corrected chi connectivity index (χ2v) is 4.20. The molecule has 1 saturated carbocycles. The molecule has 2 heterocycles. The molecule has 0 aliphatic heterocycles. The van der Waals surface area contributed by atoms with Crippen molar-refractivity contribution in [2.45, 2.75) is 25.0 Å². The first-order chi connectivity index (χ1) is 8.26. The number of nitrogens with one attached hydrogen (secondary N) is 2. The number of nitrogens with zero attached hydrogens (tertiary/aromatic N) is 3. The number of imidazole rings is 1. The van der Waals surface area contributed by atoms with E-state index in [9.17, 15) is 0 Å². The lowest BCUT2D eigenvalue weighted by Gasteiger charge is -2.34. The van der Waals surface area contributed by atoms with Gasteiger partial charge in [0.25, 0.3) is 0 Å². The summed E-state index contributed by atoms with van der Waals surface area (Å²) in [6.45, 7) is 0. The van der Waals surface area contributed by atoms with E-state index in [1.54, 1.807) is 13.4 Å². The van der Waals surface area contributed by atoms with Crippen molar-refractivity contribution < 1.29 is 4.74 Å². The van der Waals surface area contributed by atoms with Crippen LogP contribution in [-0.2, 0) is 4.74 Å². The molecule has 1 aliphatic carbocycles. The normalized spacial score (nSPS) is 23.6. The summed E-state index contributed by atoms with van der Waals surface area (Å²) in [5.41, 5.74) is 7.01. The molecule has 7 heteroatoms. The zero-order chi connectivity index (χ0) is 11.8. The number of rotatable bonds is 3. The third-order valence-electron chi connectivity index (χ3n) is 3.07. The second kappa shape index (κ2) is 3.85. The zero-order valence-corrected chi connectivity index (χ0v) is 9.47. The SMILES string of the molecule is COC1CC(Nc2nc(N)nc3nc[nH]c23)C1. The molecule has 0 saturated heterocycles. The van der Waals surface area contributed by atoms with E-state index in [1.807, 2.05) is 0 Å². The van der Waals surface area contributed by atoms with Gasteiger partial charge in [-0.25, -0.2) is 4.98 Å². The number of hydrogen-bond acceptors (Lipinski definition) is 6. The summed E-state index contributed by atoms with van der Waals surface area (Å²) in [5.74, 6) is 0.944. The van der Waals surface area contributed by atoms with Crippen LogP contribution in [0.25, 0.3) is 11.2 Å². The smallest absolute Gasteiger partial charge is 0.224 e. The van der Waals surface area contributed by atoms with Crippen LogP contribution in [0.5, 0.6) is 0 Å². The van der Waals surface area contributed by atoms with Crippen LogP contribution in [0.4, 0.5) is 11.8 Å². The molecule has 0 unspecified atom stereocenters. The zero-order valence-electron chi connectivity index (χ0n) is 9.47. The van der Waals surface area contributed by atoms with Crippen molar-refractivity contribution in [3.63, 3.8) is 0 Å². The van der Waals surface area contributed by atoms with Crippen LogP contribution in [0.2, 0.25) is 0 Å². The highest BCUT2D eigenvalue weighted by molar-refractivity contribution is 5.83. The Bertz CT molecular complexity index is 533. The highest BCUT2D eigenvalue weighted by atomic mass is 16.5. The highest BCUT2D eigenvalue weighted by Crippen LogP contribution is 2.27. The number of nitrogen functional groups attached to an aromatic ring is 1. The standard InChI is InChI=1S/C10H14N6O/c1-17-6-2-5(3-6)14-9-7-8(13-4-12-7)15-10(11)16-9/h4-6H,2-3H2,1H3,(H4,11,12,13,14,15,16). The fourth-order valence-electron chi connectivity index (χ4n) is 2.02. The number of fused-ring (bicyclic) bond motifs is 1. The fraction of sp³-hybridized carbons (Fsp3) is 0.500. The molecule has 1 fully saturated rings. The number of H-pyrrole nitrogens is 1. The summed E-state index contributed by atoms with van der Waals surface area (Å²) in [5, 5.41) is 3.33. The Labute approximate surface area is 97.8 Å². The Morgan fingerprint density at radius 2 is 2.29 bits per heavy atom. The monoisotopic (exact) mass is 234 g/mol. The van der Waals surface area contributed by atoms with E-state index in [2.05, 4.69) is 25.3 Å². The lowest BCUT2D eigenvalue weighted by molar-refractivity contribution is 0.0328. The Morgan fingerprint density at radius 3 is 3.06 bits per heavy atom. The van der Waals surface area contributed by atoms with E-state index in [-0.39, 0.29) is 5.95 Å². The Balaban J connectivity index is 1.83. The van der Waals surface area contributed by atoms with Gasteiger partial charge in [-0.2, -0.15) is 9.97 Å². The van der Waals surface area contributed by atoms with Gasteiger partial charge in [0, 0.05) is 13.2 Å². The van der Waals surface area contributed by atoms with Crippen molar-refractivity contribution >= 4 is 22.9 Å². The van der Waals surface area contributed by atoms with Crippen LogP contribution in [0.15, 0.2) is 6.33 Å². The molecular weight excluding hydrogens is 220 g/mol. The fourth-order valence-corrected chi connectivity index (χ4v) is 2.02. The molecule has 2 aromatic rings. The molecule has 0 aromatic carbocycles. The Kier molecular flexibility index (Phi) is 2.32. The number of aromatic nitrogens is 4. The van der Waals surface area contributed by atoms with E-state index in [4.69, 9.17) is 10.5 Å². The first-order valence-electron chi connectivity index (χ1n) is 5.52. The molecule has 7 nitrogen and oxygen atoms in total. The quantitative estimate of drug-likeness (QED) is 0.715. The van der Waals surface area contributed by atoms with Gasteiger partial charge in [0.15, 0.2) is 11.5 Å². The molecule has 90 valence electrons. The van der Waals surface area contributed by atoms with Crippen molar-refractivity contribution in [1.29, 1.82) is 0 Å². The molecule has 0 bridgehead atoms. The minimum atomic E-state index is 0.231. The summed E-state index contributed by atoms with van der Waals surface area (Å²) in [6.07, 6.45) is 3.90. The maximum Gasteiger partial charge on any atom is 0.224 e. The van der Waals surface area contributed by atoms with Gasteiger partial charge in [0.2, 0.25) is 5.95 Å². The predicted molar refractivity (Wildman–Crippen MR) is 63.5 cm³/mol. The number of methoxy groups -OCH3 is 1. The van der Waals surface area contributed by atoms with Crippen LogP contribution in [-0.4, -0.2) is 39.2 Å². The average Bonchev–Trinajstić information content (AvgIpc) is 2.70. The summed E-state index contributed by atoms with van der Waals surface area (Å²) in [6, 6.07) is 0.376. The maximum atomic E-state index is 5.63. The largest absolute Gasteiger partial charge is 0.381 e. The van der Waals surface area contributed by atoms with Crippen molar-refractivity contribution in [1.82, 2.24) is 19.9 Å². The number of hydrogen-bond donors (Lipinski definition) is 3. The van der Waals surface area contributed by atoms with Gasteiger partial charge in [0.05, 0.1) is 12.4 Å². The molecule has 3 rings (SSSR count). The van der Waals surface area contributed by atoms with E-state index in [1.165, 1.54) is 0 Å². The molecular formula is C10H14N6O. The summed E-state index contributed by atoms with van der Waals surface area (Å²) < 4.78 is 5.23. The van der Waals surface area contributed by atoms with Gasteiger partial charge in [-0.05, 0) is 12.8 Å². The Morgan fingerprint density at radius 1 is 1.47 bits per heavy atom. The second-order valence-electron chi connectivity index (χ2n) is 4.20. The summed E-state index contributed by atoms with van der Waals surface area (Å²) in [7, 11) is 1.73. The van der Waals surface area contributed by atoms with Gasteiger partial charge in [-0.15, -0.1) is 0 Å². The molecule has 4 N–H and O–H groups in total. The molecule has 0 spiro atoms. The lowest BCUT2D eigenvalue weighted by atomic mass is 9.89. The van der Waals surface area contributed by atoms with Gasteiger partial charge < -0.3 is 20.8 Å². The van der Waals surface area contributed by atoms with Crippen molar-refractivity contribution in [2.24, 2.45) is 0 Å². The van der Waals surface area contributed by atoms with Crippen LogP contribution < -0.4 is 11.1 Å². The van der Waals surface area contributed by atoms with Gasteiger partial charge in [0.1, 0.15) is 5.52 Å². The topological polar surface area (TPSA) is 102 Å². The van der Waals surface area contributed by atoms with Gasteiger partial charge in [-0.1, -0.05) is 0 Å². The first kappa shape index (κ1) is 10.3. The molecule has 0 amide bonds. The van der Waals surface area contributed by atoms with Crippen LogP contribution >= 0.6 is 0 Å². The summed E-state index contributed by atoms with van der Waals surface area (Å²) >= 11 is 0. The molecule has 0 atom stereocenters. The lowest BCUT2D eigenvalue weighted by Crippen LogP contribution is -2.40. The van der Waals surface area contributed by atoms with Gasteiger partial charge in [-0.3, -0.25) is 0 Å². The van der Waals surface area contributed by atoms with Crippen molar-refractivity contribution in [3.8, 4) is 0 Å². The van der Waals surface area contributed by atoms with Crippen LogP contribution in [0, 0.1) is 0 Å². The van der Waals surface area contributed by atoms with Crippen molar-refractivity contribution in [3.05, 3.63) is 6.33 Å². The third-order valence-corrected chi connectivity index (χ3v) is 3.07. The molecule has 2 aromatic heterocycles. The minimum absolute atomic E-state index is 0.231. The number of anilines is 2. The third kappa shape index (κ3) is 1.78. The average molecular weight is 234 g/mol. The van der Waals surface area contributed by atoms with Crippen molar-refractivity contribution in [2.75, 3.05) is 18.2 Å². The summed E-state index contributed by atoms with van der Waals surface area (Å²) in [4.78, 5) is 15.3. The number of aromatic amines is 1. The maximum absolute atomic E-state index is 5.63. The first-order valence-corrected chi connectivity index (χ1v) is 5.52. The Hall–Kier alpha value is -1.89. The van der Waals surface area contributed by atoms with Gasteiger partial charge >= 0.3 is 0 Å². The highest BCUT2D eigenvalue weighted by Gasteiger charge is 2.29. The molecule has 0 radical (unpaired) electrons. The van der Waals surface area contributed by atoms with Crippen LogP contribution in [0.1, 0.15) is 12.8 Å². The van der Waals surface area contributed by atoms with E-state index >= 15 is 0 Å². The predicted octanol–water partition coefficient (Wildman–Crippen LogP) is 0.524. The van der Waals surface area contributed by atoms with E-state index < -0.39 is 0 Å².